The second-order valence-electron chi connectivity index (χ2n) is 4.63. The molecule has 2 rings (SSSR count). The molecule has 0 spiro atoms. The first kappa shape index (κ1) is 13.3. The molecule has 1 amide bonds. The van der Waals surface area contributed by atoms with Crippen LogP contribution in [0.5, 0.6) is 0 Å². The fourth-order valence-electron chi connectivity index (χ4n) is 1.95. The number of aryl methyl sites for hydroxylation is 1. The Morgan fingerprint density at radius 1 is 1.37 bits per heavy atom. The van der Waals surface area contributed by atoms with Crippen molar-refractivity contribution in [2.45, 2.75) is 26.3 Å². The summed E-state index contributed by atoms with van der Waals surface area (Å²) in [5.41, 5.74) is 3.31. The second-order valence-corrected chi connectivity index (χ2v) is 4.63. The van der Waals surface area contributed by atoms with E-state index in [1.54, 1.807) is 4.68 Å². The van der Waals surface area contributed by atoms with Gasteiger partial charge < -0.3 is 5.32 Å². The maximum Gasteiger partial charge on any atom is 0.220 e. The minimum Gasteiger partial charge on any atom is -0.352 e. The first-order chi connectivity index (χ1) is 9.19. The number of benzene rings is 1. The van der Waals surface area contributed by atoms with Gasteiger partial charge in [0.2, 0.25) is 5.91 Å². The van der Waals surface area contributed by atoms with Gasteiger partial charge in [-0.25, -0.2) is 0 Å². The van der Waals surface area contributed by atoms with Crippen molar-refractivity contribution in [2.24, 2.45) is 7.05 Å². The number of nitrogens with one attached hydrogen (secondary N) is 1. The molecular weight excluding hydrogens is 238 g/mol. The quantitative estimate of drug-likeness (QED) is 0.894. The molecule has 4 nitrogen and oxygen atoms in total. The molecule has 0 atom stereocenters. The summed E-state index contributed by atoms with van der Waals surface area (Å²) in [5.74, 6) is 0.106. The minimum atomic E-state index is 0.106. The summed E-state index contributed by atoms with van der Waals surface area (Å²) in [6.07, 6.45) is 5.29. The summed E-state index contributed by atoms with van der Waals surface area (Å²) in [4.78, 5) is 11.5. The first-order valence-electron chi connectivity index (χ1n) is 6.53. The number of carbonyl (C=O) groups excluding carboxylic acids is 1. The Bertz CT molecular complexity index is 560. The van der Waals surface area contributed by atoms with E-state index in [-0.39, 0.29) is 5.91 Å². The predicted octanol–water partition coefficient (Wildman–Crippen LogP) is 2.50. The Labute approximate surface area is 113 Å². The molecule has 4 heteroatoms. The monoisotopic (exact) mass is 257 g/mol. The van der Waals surface area contributed by atoms with Crippen LogP contribution in [-0.4, -0.2) is 15.7 Å². The standard InChI is InChI=1S/C15H19N3O/c1-3-5-15(19)16-9-12-6-4-7-13(8-12)14-10-17-18(2)11-14/h4,6-8,10-11H,3,5,9H2,1-2H3,(H,16,19). The lowest BCUT2D eigenvalue weighted by molar-refractivity contribution is -0.121. The van der Waals surface area contributed by atoms with Gasteiger partial charge in [0.25, 0.3) is 0 Å². The molecule has 0 aliphatic rings. The first-order valence-corrected chi connectivity index (χ1v) is 6.53. The molecule has 19 heavy (non-hydrogen) atoms. The highest BCUT2D eigenvalue weighted by Gasteiger charge is 2.03. The molecule has 2 aromatic rings. The van der Waals surface area contributed by atoms with Gasteiger partial charge in [0.1, 0.15) is 0 Å². The summed E-state index contributed by atoms with van der Waals surface area (Å²) in [5, 5.41) is 7.09. The molecule has 0 unspecified atom stereocenters. The SMILES string of the molecule is CCCC(=O)NCc1cccc(-c2cnn(C)c2)c1. The smallest absolute Gasteiger partial charge is 0.220 e. The second kappa shape index (κ2) is 6.18. The number of nitrogens with zero attached hydrogens (tertiary/aromatic N) is 2. The highest BCUT2D eigenvalue weighted by Crippen LogP contribution is 2.19. The van der Waals surface area contributed by atoms with E-state index in [1.165, 1.54) is 0 Å². The maximum atomic E-state index is 11.5. The van der Waals surface area contributed by atoms with Crippen molar-refractivity contribution < 1.29 is 4.79 Å². The molecule has 0 aliphatic heterocycles. The zero-order valence-corrected chi connectivity index (χ0v) is 11.4. The van der Waals surface area contributed by atoms with Crippen molar-refractivity contribution in [1.82, 2.24) is 15.1 Å². The third-order valence-electron chi connectivity index (χ3n) is 2.93. The van der Waals surface area contributed by atoms with Crippen LogP contribution >= 0.6 is 0 Å². The van der Waals surface area contributed by atoms with Crippen molar-refractivity contribution in [3.8, 4) is 11.1 Å². The number of rotatable bonds is 5. The van der Waals surface area contributed by atoms with E-state index in [0.717, 1.165) is 23.1 Å². The van der Waals surface area contributed by atoms with E-state index in [0.29, 0.717) is 13.0 Å². The van der Waals surface area contributed by atoms with Crippen molar-refractivity contribution in [1.29, 1.82) is 0 Å². The van der Waals surface area contributed by atoms with Gasteiger partial charge in [-0.1, -0.05) is 25.1 Å². The molecule has 1 heterocycles. The van der Waals surface area contributed by atoms with Crippen molar-refractivity contribution in [3.63, 3.8) is 0 Å². The average Bonchev–Trinajstić information content (AvgIpc) is 2.84. The summed E-state index contributed by atoms with van der Waals surface area (Å²) in [6.45, 7) is 2.58. The Kier molecular flexibility index (Phi) is 4.34. The van der Waals surface area contributed by atoms with Crippen molar-refractivity contribution >= 4 is 5.91 Å². The molecule has 0 aliphatic carbocycles. The zero-order chi connectivity index (χ0) is 13.7. The van der Waals surface area contributed by atoms with E-state index in [2.05, 4.69) is 16.5 Å². The molecule has 0 radical (unpaired) electrons. The molecule has 100 valence electrons. The van der Waals surface area contributed by atoms with Gasteiger partial charge in [-0.2, -0.15) is 5.10 Å². The van der Waals surface area contributed by atoms with Gasteiger partial charge in [0.05, 0.1) is 6.20 Å². The molecular formula is C15H19N3O. The summed E-state index contributed by atoms with van der Waals surface area (Å²) >= 11 is 0. The van der Waals surface area contributed by atoms with Gasteiger partial charge >= 0.3 is 0 Å². The minimum absolute atomic E-state index is 0.106. The van der Waals surface area contributed by atoms with Crippen LogP contribution < -0.4 is 5.32 Å². The van der Waals surface area contributed by atoms with Gasteiger partial charge in [0.15, 0.2) is 0 Å². The highest BCUT2D eigenvalue weighted by atomic mass is 16.1. The molecule has 1 N–H and O–H groups in total. The van der Waals surface area contributed by atoms with E-state index >= 15 is 0 Å². The Morgan fingerprint density at radius 2 is 2.21 bits per heavy atom. The number of hydrogen-bond donors (Lipinski definition) is 1. The summed E-state index contributed by atoms with van der Waals surface area (Å²) in [7, 11) is 1.90. The number of hydrogen-bond acceptors (Lipinski definition) is 2. The van der Waals surface area contributed by atoms with Crippen LogP contribution in [0.1, 0.15) is 25.3 Å². The number of aromatic nitrogens is 2. The van der Waals surface area contributed by atoms with E-state index in [1.807, 2.05) is 44.6 Å². The highest BCUT2D eigenvalue weighted by molar-refractivity contribution is 5.75. The Balaban J connectivity index is 2.05. The van der Waals surface area contributed by atoms with Crippen LogP contribution in [0.15, 0.2) is 36.7 Å². The maximum absolute atomic E-state index is 11.5. The van der Waals surface area contributed by atoms with E-state index in [4.69, 9.17) is 0 Å². The molecule has 1 aromatic carbocycles. The molecule has 0 saturated carbocycles. The van der Waals surface area contributed by atoms with Crippen LogP contribution in [-0.2, 0) is 18.4 Å². The molecule has 1 aromatic heterocycles. The van der Waals surface area contributed by atoms with Gasteiger partial charge in [-0.05, 0) is 23.6 Å². The predicted molar refractivity (Wildman–Crippen MR) is 75.4 cm³/mol. The third kappa shape index (κ3) is 3.68. The lowest BCUT2D eigenvalue weighted by atomic mass is 10.1. The van der Waals surface area contributed by atoms with Gasteiger partial charge in [-0.15, -0.1) is 0 Å². The van der Waals surface area contributed by atoms with Crippen LogP contribution in [0, 0.1) is 0 Å². The van der Waals surface area contributed by atoms with Crippen molar-refractivity contribution in [3.05, 3.63) is 42.2 Å². The lowest BCUT2D eigenvalue weighted by Crippen LogP contribution is -2.21. The van der Waals surface area contributed by atoms with Crippen LogP contribution in [0.4, 0.5) is 0 Å². The van der Waals surface area contributed by atoms with Crippen LogP contribution in [0.3, 0.4) is 0 Å². The van der Waals surface area contributed by atoms with Crippen LogP contribution in [0.2, 0.25) is 0 Å². The van der Waals surface area contributed by atoms with E-state index in [9.17, 15) is 4.79 Å². The number of amides is 1. The third-order valence-corrected chi connectivity index (χ3v) is 2.93. The lowest BCUT2D eigenvalue weighted by Gasteiger charge is -2.06. The van der Waals surface area contributed by atoms with Crippen LogP contribution in [0.25, 0.3) is 11.1 Å². The topological polar surface area (TPSA) is 46.9 Å². The van der Waals surface area contributed by atoms with Gasteiger partial charge in [0, 0.05) is 31.8 Å². The summed E-state index contributed by atoms with van der Waals surface area (Å²) in [6, 6.07) is 8.16. The zero-order valence-electron chi connectivity index (χ0n) is 11.4. The summed E-state index contributed by atoms with van der Waals surface area (Å²) < 4.78 is 1.78. The molecule has 0 saturated heterocycles. The van der Waals surface area contributed by atoms with Gasteiger partial charge in [-0.3, -0.25) is 9.48 Å². The largest absolute Gasteiger partial charge is 0.352 e. The Hall–Kier alpha value is -2.10. The molecule has 0 fully saturated rings. The fraction of sp³-hybridized carbons (Fsp3) is 0.333. The molecule has 0 bridgehead atoms. The fourth-order valence-corrected chi connectivity index (χ4v) is 1.95. The van der Waals surface area contributed by atoms with E-state index < -0.39 is 0 Å². The number of carbonyl (C=O) groups is 1. The Morgan fingerprint density at radius 3 is 2.89 bits per heavy atom. The average molecular weight is 257 g/mol. The normalized spacial score (nSPS) is 10.4. The van der Waals surface area contributed by atoms with Crippen molar-refractivity contribution in [2.75, 3.05) is 0 Å².